The molecule has 3 heteroatoms. The van der Waals surface area contributed by atoms with Gasteiger partial charge in [0.05, 0.1) is 5.50 Å². The van der Waals surface area contributed by atoms with Crippen molar-refractivity contribution in [3.63, 3.8) is 0 Å². The van der Waals surface area contributed by atoms with Crippen LogP contribution in [0.15, 0.2) is 54.6 Å². The Morgan fingerprint density at radius 1 is 0.929 bits per heavy atom. The van der Waals surface area contributed by atoms with Crippen LogP contribution in [0.2, 0.25) is 0 Å². The Bertz CT molecular complexity index is 1030. The highest BCUT2D eigenvalue weighted by molar-refractivity contribution is 6.17. The molecule has 0 bridgehead atoms. The molecule has 3 aromatic rings. The van der Waals surface area contributed by atoms with Crippen LogP contribution in [0.25, 0.3) is 28.0 Å². The normalized spacial score (nSPS) is 20.6. The average Bonchev–Trinajstić information content (AvgIpc) is 3.04. The molecule has 3 aromatic carbocycles. The lowest BCUT2D eigenvalue weighted by molar-refractivity contribution is 0.215. The summed E-state index contributed by atoms with van der Waals surface area (Å²) in [6, 6.07) is 16.2. The Kier molecular flexibility index (Phi) is 5.67. The second-order valence-electron chi connectivity index (χ2n) is 6.69. The monoisotopic (exact) mass is 370 g/mol. The zero-order valence-corrected chi connectivity index (χ0v) is 17.3. The number of fused-ring (bicyclic) bond motifs is 8. The molecule has 0 amide bonds. The molecule has 142 valence electrons. The van der Waals surface area contributed by atoms with Gasteiger partial charge in [-0.3, -0.25) is 0 Å². The maximum absolute atomic E-state index is 11.0. The molecule has 1 aliphatic heterocycles. The molecule has 2 aliphatic rings. The molecular weight excluding hydrogens is 343 g/mol. The Balaban J connectivity index is 0.000000531. The average molecular weight is 370 g/mol. The molecule has 2 nitrogen and oxygen atoms in total. The summed E-state index contributed by atoms with van der Waals surface area (Å²) >= 11 is 0. The summed E-state index contributed by atoms with van der Waals surface area (Å²) in [5.41, 5.74) is 4.13. The fourth-order valence-corrected chi connectivity index (χ4v) is 3.92. The van der Waals surface area contributed by atoms with Crippen LogP contribution in [0.4, 0.5) is 0 Å². The predicted molar refractivity (Wildman–Crippen MR) is 120 cm³/mol. The molecule has 1 aliphatic carbocycles. The van der Waals surface area contributed by atoms with Gasteiger partial charge in [0.2, 0.25) is 0 Å². The van der Waals surface area contributed by atoms with Gasteiger partial charge in [0.15, 0.2) is 0 Å². The summed E-state index contributed by atoms with van der Waals surface area (Å²) < 4.78 is 6.08. The molecule has 2 atom stereocenters. The van der Waals surface area contributed by atoms with E-state index >= 15 is 0 Å². The van der Waals surface area contributed by atoms with Crippen molar-refractivity contribution in [1.82, 2.24) is 0 Å². The van der Waals surface area contributed by atoms with Crippen molar-refractivity contribution in [1.29, 1.82) is 0 Å². The Hall–Kier alpha value is -2.52. The number of aliphatic hydroxyl groups excluding tert-OH is 1. The number of ether oxygens (including phenoxy) is 1. The molecule has 0 aromatic heterocycles. The molecule has 0 spiro atoms. The minimum absolute atomic E-state index is 0.648. The summed E-state index contributed by atoms with van der Waals surface area (Å²) in [7, 11) is 6.18. The zero-order chi connectivity index (χ0) is 20.5. The first-order valence-corrected chi connectivity index (χ1v) is 10.1. The van der Waals surface area contributed by atoms with Crippen molar-refractivity contribution in [2.75, 3.05) is 0 Å². The molecule has 2 radical (unpaired) electrons. The number of rotatable bonds is 0. The molecule has 0 fully saturated rings. The van der Waals surface area contributed by atoms with Crippen LogP contribution in [0.1, 0.15) is 57.4 Å². The standard InChI is InChI=1S/C21H15BO2.2C2H6/c1-21(22)11-10-16-18-17(12-6-2-4-8-14(12)19(18)23)13-7-3-5-9-15(13)20(16)24-21;2*1-2/h2-11,19,23H,1H3;2*1-2H3. The van der Waals surface area contributed by atoms with Crippen LogP contribution in [0, 0.1) is 0 Å². The number of aliphatic hydroxyl groups is 1. The highest BCUT2D eigenvalue weighted by Crippen LogP contribution is 2.53. The first-order chi connectivity index (χ1) is 13.6. The van der Waals surface area contributed by atoms with E-state index in [0.717, 1.165) is 44.3 Å². The van der Waals surface area contributed by atoms with Gasteiger partial charge < -0.3 is 9.84 Å². The molecule has 28 heavy (non-hydrogen) atoms. The molecule has 5 rings (SSSR count). The first-order valence-electron chi connectivity index (χ1n) is 10.1. The van der Waals surface area contributed by atoms with Gasteiger partial charge in [0.1, 0.15) is 19.7 Å². The summed E-state index contributed by atoms with van der Waals surface area (Å²) in [5.74, 6) is 0.753. The van der Waals surface area contributed by atoms with Crippen molar-refractivity contribution in [2.45, 2.75) is 46.2 Å². The van der Waals surface area contributed by atoms with E-state index in [-0.39, 0.29) is 0 Å². The van der Waals surface area contributed by atoms with E-state index in [4.69, 9.17) is 12.6 Å². The second-order valence-corrected chi connectivity index (χ2v) is 6.69. The van der Waals surface area contributed by atoms with Gasteiger partial charge in [0.25, 0.3) is 0 Å². The van der Waals surface area contributed by atoms with Crippen molar-refractivity contribution >= 4 is 24.7 Å². The van der Waals surface area contributed by atoms with Crippen molar-refractivity contribution in [3.8, 4) is 16.9 Å². The number of hydrogen-bond donors (Lipinski definition) is 1. The lowest BCUT2D eigenvalue weighted by atomic mass is 9.79. The fraction of sp³-hybridized carbons (Fsp3) is 0.280. The van der Waals surface area contributed by atoms with E-state index in [1.165, 1.54) is 0 Å². The van der Waals surface area contributed by atoms with Gasteiger partial charge in [-0.25, -0.2) is 0 Å². The third-order valence-electron chi connectivity index (χ3n) is 4.95. The van der Waals surface area contributed by atoms with Crippen molar-refractivity contribution in [3.05, 3.63) is 71.3 Å². The molecule has 0 saturated carbocycles. The van der Waals surface area contributed by atoms with Gasteiger partial charge in [0, 0.05) is 16.5 Å². The molecular formula is C25H27BO2. The predicted octanol–water partition coefficient (Wildman–Crippen LogP) is 6.24. The second kappa shape index (κ2) is 7.85. The third-order valence-corrected chi connectivity index (χ3v) is 4.95. The molecule has 0 saturated heterocycles. The fourth-order valence-electron chi connectivity index (χ4n) is 3.92. The number of benzene rings is 3. The minimum atomic E-state index is -0.847. The SMILES string of the molecule is CC.CC.[B]C1(C)C=Cc2c3c(c4ccccc4c2O1)-c1ccccc1C3O. The quantitative estimate of drug-likeness (QED) is 0.474. The smallest absolute Gasteiger partial charge is 0.137 e. The van der Waals surface area contributed by atoms with E-state index in [9.17, 15) is 5.11 Å². The van der Waals surface area contributed by atoms with Gasteiger partial charge in [-0.2, -0.15) is 0 Å². The summed E-state index contributed by atoms with van der Waals surface area (Å²) in [5, 5.41) is 13.1. The van der Waals surface area contributed by atoms with E-state index in [0.29, 0.717) is 0 Å². The Morgan fingerprint density at radius 2 is 1.54 bits per heavy atom. The topological polar surface area (TPSA) is 29.5 Å². The van der Waals surface area contributed by atoms with E-state index in [2.05, 4.69) is 18.2 Å². The highest BCUT2D eigenvalue weighted by atomic mass is 16.5. The lowest BCUT2D eigenvalue weighted by Gasteiger charge is -2.31. The van der Waals surface area contributed by atoms with Crippen LogP contribution < -0.4 is 4.74 Å². The van der Waals surface area contributed by atoms with Gasteiger partial charge in [-0.15, -0.1) is 0 Å². The van der Waals surface area contributed by atoms with Crippen LogP contribution >= 0.6 is 0 Å². The van der Waals surface area contributed by atoms with Crippen LogP contribution in [-0.4, -0.2) is 18.5 Å². The van der Waals surface area contributed by atoms with Crippen LogP contribution in [0.5, 0.6) is 5.75 Å². The van der Waals surface area contributed by atoms with Crippen LogP contribution in [-0.2, 0) is 0 Å². The van der Waals surface area contributed by atoms with Crippen molar-refractivity contribution < 1.29 is 9.84 Å². The van der Waals surface area contributed by atoms with Crippen molar-refractivity contribution in [2.24, 2.45) is 0 Å². The summed E-state index contributed by atoms with van der Waals surface area (Å²) in [6.07, 6.45) is 3.18. The Morgan fingerprint density at radius 3 is 2.25 bits per heavy atom. The zero-order valence-electron chi connectivity index (χ0n) is 17.3. The lowest BCUT2D eigenvalue weighted by Crippen LogP contribution is -2.32. The third kappa shape index (κ3) is 3.04. The maximum atomic E-state index is 11.0. The molecule has 2 unspecified atom stereocenters. The molecule has 1 N–H and O–H groups in total. The summed E-state index contributed by atoms with van der Waals surface area (Å²) in [6.45, 7) is 9.83. The Labute approximate surface area is 169 Å². The maximum Gasteiger partial charge on any atom is 0.137 e. The van der Waals surface area contributed by atoms with E-state index in [1.54, 1.807) is 0 Å². The highest BCUT2D eigenvalue weighted by Gasteiger charge is 2.35. The minimum Gasteiger partial charge on any atom is -0.492 e. The van der Waals surface area contributed by atoms with Gasteiger partial charge >= 0.3 is 0 Å². The molecule has 1 heterocycles. The van der Waals surface area contributed by atoms with E-state index in [1.807, 2.05) is 77.1 Å². The van der Waals surface area contributed by atoms with E-state index < -0.39 is 11.6 Å². The van der Waals surface area contributed by atoms with Gasteiger partial charge in [-0.05, 0) is 29.0 Å². The summed E-state index contributed by atoms with van der Waals surface area (Å²) in [4.78, 5) is 0. The van der Waals surface area contributed by atoms with Gasteiger partial charge in [-0.1, -0.05) is 88.4 Å². The number of hydrogen-bond acceptors (Lipinski definition) is 2. The first kappa shape index (κ1) is 20.2. The van der Waals surface area contributed by atoms with Crippen LogP contribution in [0.3, 0.4) is 0 Å². The largest absolute Gasteiger partial charge is 0.492 e.